The van der Waals surface area contributed by atoms with Crippen LogP contribution in [0.25, 0.3) is 10.6 Å². The second kappa shape index (κ2) is 4.87. The van der Waals surface area contributed by atoms with Crippen LogP contribution in [0.5, 0.6) is 11.5 Å². The van der Waals surface area contributed by atoms with Gasteiger partial charge in [0, 0.05) is 17.5 Å². The van der Waals surface area contributed by atoms with E-state index in [-0.39, 0.29) is 0 Å². The standard InChI is InChI=1S/C12H11BrN2O2S/c13-9-3-7(12-15-8(5-14)6-18-12)4-10-11(9)17-2-1-16-10/h3-4,6H,1-2,5,14H2. The van der Waals surface area contributed by atoms with Crippen molar-refractivity contribution in [1.82, 2.24) is 4.98 Å². The van der Waals surface area contributed by atoms with Gasteiger partial charge in [0.2, 0.25) is 0 Å². The molecule has 0 fully saturated rings. The fraction of sp³-hybridized carbons (Fsp3) is 0.250. The van der Waals surface area contributed by atoms with E-state index in [1.54, 1.807) is 11.3 Å². The second-order valence-corrected chi connectivity index (χ2v) is 5.54. The minimum atomic E-state index is 0.461. The average Bonchev–Trinajstić information content (AvgIpc) is 2.87. The Morgan fingerprint density at radius 3 is 2.94 bits per heavy atom. The van der Waals surface area contributed by atoms with E-state index >= 15 is 0 Å². The molecule has 6 heteroatoms. The molecule has 0 spiro atoms. The van der Waals surface area contributed by atoms with Crippen LogP contribution in [0, 0.1) is 0 Å². The minimum Gasteiger partial charge on any atom is -0.486 e. The monoisotopic (exact) mass is 326 g/mol. The van der Waals surface area contributed by atoms with Gasteiger partial charge in [-0.2, -0.15) is 0 Å². The molecule has 0 bridgehead atoms. The molecule has 1 aromatic heterocycles. The molecule has 1 aliphatic rings. The Morgan fingerprint density at radius 2 is 2.17 bits per heavy atom. The van der Waals surface area contributed by atoms with E-state index in [0.717, 1.165) is 32.2 Å². The van der Waals surface area contributed by atoms with Crippen molar-refractivity contribution in [3.63, 3.8) is 0 Å². The topological polar surface area (TPSA) is 57.4 Å². The van der Waals surface area contributed by atoms with E-state index < -0.39 is 0 Å². The van der Waals surface area contributed by atoms with Crippen molar-refractivity contribution < 1.29 is 9.47 Å². The van der Waals surface area contributed by atoms with E-state index in [1.807, 2.05) is 17.5 Å². The van der Waals surface area contributed by atoms with Crippen molar-refractivity contribution in [1.29, 1.82) is 0 Å². The summed E-state index contributed by atoms with van der Waals surface area (Å²) >= 11 is 5.08. The predicted molar refractivity (Wildman–Crippen MR) is 74.1 cm³/mol. The number of nitrogens with zero attached hydrogens (tertiary/aromatic N) is 1. The number of thiazole rings is 1. The zero-order valence-electron chi connectivity index (χ0n) is 9.48. The Morgan fingerprint density at radius 1 is 1.33 bits per heavy atom. The molecule has 2 N–H and O–H groups in total. The first-order valence-electron chi connectivity index (χ1n) is 5.52. The quantitative estimate of drug-likeness (QED) is 0.921. The number of rotatable bonds is 2. The molecular formula is C12H11BrN2O2S. The van der Waals surface area contributed by atoms with Crippen molar-refractivity contribution >= 4 is 27.3 Å². The molecule has 0 aliphatic carbocycles. The third-order valence-corrected chi connectivity index (χ3v) is 4.13. The lowest BCUT2D eigenvalue weighted by Gasteiger charge is -2.20. The highest BCUT2D eigenvalue weighted by atomic mass is 79.9. The van der Waals surface area contributed by atoms with Gasteiger partial charge in [0.15, 0.2) is 11.5 Å². The highest BCUT2D eigenvalue weighted by molar-refractivity contribution is 9.10. The number of aromatic nitrogens is 1. The molecule has 0 unspecified atom stereocenters. The number of halogens is 1. The van der Waals surface area contributed by atoms with Gasteiger partial charge in [-0.15, -0.1) is 11.3 Å². The Bertz CT molecular complexity index is 585. The van der Waals surface area contributed by atoms with E-state index in [4.69, 9.17) is 15.2 Å². The number of benzene rings is 1. The number of fused-ring (bicyclic) bond motifs is 1. The number of hydrogen-bond acceptors (Lipinski definition) is 5. The molecule has 0 amide bonds. The molecule has 1 aliphatic heterocycles. The SMILES string of the molecule is NCc1csc(-c2cc(Br)c3c(c2)OCCO3)n1. The number of hydrogen-bond donors (Lipinski definition) is 1. The zero-order chi connectivity index (χ0) is 12.5. The maximum atomic E-state index is 5.60. The van der Waals surface area contributed by atoms with Gasteiger partial charge in [0.25, 0.3) is 0 Å². The van der Waals surface area contributed by atoms with Crippen molar-refractivity contribution in [3.8, 4) is 22.1 Å². The molecule has 3 rings (SSSR count). The molecule has 0 radical (unpaired) electrons. The van der Waals surface area contributed by atoms with Crippen LogP contribution in [-0.2, 0) is 6.54 Å². The van der Waals surface area contributed by atoms with Crippen LogP contribution in [0.4, 0.5) is 0 Å². The number of ether oxygens (including phenoxy) is 2. The van der Waals surface area contributed by atoms with Crippen LogP contribution >= 0.6 is 27.3 Å². The van der Waals surface area contributed by atoms with Gasteiger partial charge in [0.1, 0.15) is 18.2 Å². The van der Waals surface area contributed by atoms with Gasteiger partial charge in [-0.1, -0.05) is 0 Å². The summed E-state index contributed by atoms with van der Waals surface area (Å²) in [6.07, 6.45) is 0. The summed E-state index contributed by atoms with van der Waals surface area (Å²) in [6, 6.07) is 3.95. The molecule has 2 heterocycles. The summed E-state index contributed by atoms with van der Waals surface area (Å²) in [5.74, 6) is 1.52. The van der Waals surface area contributed by atoms with Crippen molar-refractivity contribution in [3.05, 3.63) is 27.7 Å². The molecule has 2 aromatic rings. The molecule has 0 atom stereocenters. The molecule has 18 heavy (non-hydrogen) atoms. The summed E-state index contributed by atoms with van der Waals surface area (Å²) in [6.45, 7) is 1.62. The highest BCUT2D eigenvalue weighted by Crippen LogP contribution is 2.41. The van der Waals surface area contributed by atoms with Crippen LogP contribution in [0.2, 0.25) is 0 Å². The van der Waals surface area contributed by atoms with Crippen molar-refractivity contribution in [2.45, 2.75) is 6.54 Å². The Labute approximate surface area is 117 Å². The maximum absolute atomic E-state index is 5.60. The maximum Gasteiger partial charge on any atom is 0.175 e. The van der Waals surface area contributed by atoms with E-state index in [2.05, 4.69) is 20.9 Å². The first-order valence-corrected chi connectivity index (χ1v) is 7.19. The van der Waals surface area contributed by atoms with Crippen LogP contribution in [-0.4, -0.2) is 18.2 Å². The van der Waals surface area contributed by atoms with Crippen LogP contribution < -0.4 is 15.2 Å². The van der Waals surface area contributed by atoms with Crippen molar-refractivity contribution in [2.24, 2.45) is 5.73 Å². The first kappa shape index (κ1) is 12.0. The summed E-state index contributed by atoms with van der Waals surface area (Å²) in [5, 5.41) is 2.91. The smallest absolute Gasteiger partial charge is 0.175 e. The lowest BCUT2D eigenvalue weighted by atomic mass is 10.2. The molecular weight excluding hydrogens is 316 g/mol. The minimum absolute atomic E-state index is 0.461. The molecule has 0 saturated carbocycles. The second-order valence-electron chi connectivity index (χ2n) is 3.83. The number of nitrogens with two attached hydrogens (primary N) is 1. The zero-order valence-corrected chi connectivity index (χ0v) is 11.9. The Kier molecular flexibility index (Phi) is 3.23. The summed E-state index contributed by atoms with van der Waals surface area (Å²) in [4.78, 5) is 4.47. The molecule has 0 saturated heterocycles. The third kappa shape index (κ3) is 2.11. The molecule has 4 nitrogen and oxygen atoms in total. The van der Waals surface area contributed by atoms with Crippen molar-refractivity contribution in [2.75, 3.05) is 13.2 Å². The third-order valence-electron chi connectivity index (χ3n) is 2.60. The Hall–Kier alpha value is -1.11. The van der Waals surface area contributed by atoms with E-state index in [0.29, 0.717) is 19.8 Å². The lowest BCUT2D eigenvalue weighted by Crippen LogP contribution is -2.15. The summed E-state index contributed by atoms with van der Waals surface area (Å²) < 4.78 is 12.0. The van der Waals surface area contributed by atoms with Crippen LogP contribution in [0.1, 0.15) is 5.69 Å². The van der Waals surface area contributed by atoms with Gasteiger partial charge in [-0.3, -0.25) is 0 Å². The normalized spacial score (nSPS) is 13.7. The van der Waals surface area contributed by atoms with Gasteiger partial charge in [0.05, 0.1) is 10.2 Å². The first-order chi connectivity index (χ1) is 8.78. The van der Waals surface area contributed by atoms with Crippen LogP contribution in [0.3, 0.4) is 0 Å². The molecule has 94 valence electrons. The van der Waals surface area contributed by atoms with Gasteiger partial charge in [-0.25, -0.2) is 4.98 Å². The fourth-order valence-electron chi connectivity index (χ4n) is 1.77. The lowest BCUT2D eigenvalue weighted by molar-refractivity contribution is 0.170. The van der Waals surface area contributed by atoms with Gasteiger partial charge in [-0.05, 0) is 28.1 Å². The summed E-state index contributed by atoms with van der Waals surface area (Å²) in [7, 11) is 0. The van der Waals surface area contributed by atoms with E-state index in [9.17, 15) is 0 Å². The largest absolute Gasteiger partial charge is 0.486 e. The van der Waals surface area contributed by atoms with Gasteiger partial charge >= 0.3 is 0 Å². The highest BCUT2D eigenvalue weighted by Gasteiger charge is 2.17. The molecule has 1 aromatic carbocycles. The average molecular weight is 327 g/mol. The predicted octanol–water partition coefficient (Wildman–Crippen LogP) is 2.80. The van der Waals surface area contributed by atoms with E-state index in [1.165, 1.54) is 0 Å². The summed E-state index contributed by atoms with van der Waals surface area (Å²) in [5.41, 5.74) is 7.49. The Balaban J connectivity index is 2.04. The fourth-order valence-corrected chi connectivity index (χ4v) is 3.14. The van der Waals surface area contributed by atoms with Crippen LogP contribution in [0.15, 0.2) is 22.0 Å². The van der Waals surface area contributed by atoms with Gasteiger partial charge < -0.3 is 15.2 Å².